The van der Waals surface area contributed by atoms with Gasteiger partial charge in [0.25, 0.3) is 0 Å². The molecule has 1 aromatic heterocycles. The Morgan fingerprint density at radius 2 is 2.18 bits per heavy atom. The fourth-order valence-corrected chi connectivity index (χ4v) is 1.30. The normalized spacial score (nSPS) is 10.2. The summed E-state index contributed by atoms with van der Waals surface area (Å²) in [5.41, 5.74) is 4.42. The summed E-state index contributed by atoms with van der Waals surface area (Å²) in [4.78, 5) is 22.1. The number of hydrazine groups is 1. The molecule has 1 rings (SSSR count). The lowest BCUT2D eigenvalue weighted by atomic mass is 10.1. The Bertz CT molecular complexity index is 359. The Morgan fingerprint density at radius 3 is 2.88 bits per heavy atom. The first kappa shape index (κ1) is 13.3. The van der Waals surface area contributed by atoms with Crippen LogP contribution < -0.4 is 16.8 Å². The first-order valence-corrected chi connectivity index (χ1v) is 5.30. The number of anilines is 1. The van der Waals surface area contributed by atoms with E-state index in [1.165, 1.54) is 6.33 Å². The molecule has 0 atom stereocenters. The van der Waals surface area contributed by atoms with Crippen molar-refractivity contribution in [3.05, 3.63) is 12.2 Å². The number of carboxylic acids is 1. The van der Waals surface area contributed by atoms with Gasteiger partial charge in [-0.2, -0.15) is 16.4 Å². The molecular weight excluding hydrogens is 224 g/mol. The van der Waals surface area contributed by atoms with E-state index in [4.69, 9.17) is 10.9 Å². The van der Waals surface area contributed by atoms with Crippen molar-refractivity contribution < 1.29 is 9.90 Å². The molecule has 93 valence electrons. The molecule has 0 unspecified atom stereocenters. The van der Waals surface area contributed by atoms with Crippen LogP contribution >= 0.6 is 0 Å². The number of carbonyl (C=O) groups is 1. The van der Waals surface area contributed by atoms with Crippen LogP contribution in [0.1, 0.15) is 31.5 Å². The zero-order valence-electron chi connectivity index (χ0n) is 9.31. The van der Waals surface area contributed by atoms with E-state index in [0.717, 1.165) is 12.8 Å². The molecule has 4 N–H and O–H groups in total. The second kappa shape index (κ2) is 7.47. The van der Waals surface area contributed by atoms with Gasteiger partial charge in [0.2, 0.25) is 5.95 Å². The Balaban J connectivity index is 2.26. The number of hydrogen-bond acceptors (Lipinski definition) is 6. The molecule has 0 saturated heterocycles. The lowest BCUT2D eigenvalue weighted by molar-refractivity contribution is -0.137. The third-order valence-corrected chi connectivity index (χ3v) is 2.09. The van der Waals surface area contributed by atoms with Gasteiger partial charge in [-0.25, -0.2) is 9.97 Å². The molecule has 0 aromatic carbocycles. The van der Waals surface area contributed by atoms with Crippen LogP contribution in [0.15, 0.2) is 6.33 Å². The predicted molar refractivity (Wildman–Crippen MR) is 59.5 cm³/mol. The number of rotatable bonds is 8. The van der Waals surface area contributed by atoms with Gasteiger partial charge >= 0.3 is 5.97 Å². The molecule has 1 aromatic rings. The number of aliphatic carboxylic acids is 1. The Kier molecular flexibility index (Phi) is 5.83. The zero-order valence-corrected chi connectivity index (χ0v) is 9.31. The van der Waals surface area contributed by atoms with Crippen molar-refractivity contribution in [2.75, 3.05) is 5.43 Å². The highest BCUT2D eigenvalue weighted by Gasteiger charge is 2.01. The summed E-state index contributed by atoms with van der Waals surface area (Å²) < 4.78 is 0. The minimum absolute atomic E-state index is 0.201. The molecule has 0 aliphatic heterocycles. The number of carboxylic acid groups (broad SMARTS) is 1. The van der Waals surface area contributed by atoms with Crippen molar-refractivity contribution in [3.63, 3.8) is 0 Å². The van der Waals surface area contributed by atoms with Crippen LogP contribution in [-0.2, 0) is 11.2 Å². The number of aromatic nitrogens is 3. The molecule has 17 heavy (non-hydrogen) atoms. The number of unbranched alkanes of at least 4 members (excludes halogenated alkanes) is 2. The number of aryl methyl sites for hydroxylation is 1. The minimum Gasteiger partial charge on any atom is -0.481 e. The van der Waals surface area contributed by atoms with Crippen molar-refractivity contribution in [3.8, 4) is 0 Å². The average Bonchev–Trinajstić information content (AvgIpc) is 2.29. The number of hydrogen-bond donors (Lipinski definition) is 3. The summed E-state index contributed by atoms with van der Waals surface area (Å²) in [5.74, 6) is 6.89. The highest BCUT2D eigenvalue weighted by atomic mass is 16.4. The topological polar surface area (TPSA) is 124 Å². The van der Waals surface area contributed by atoms with E-state index in [1.54, 1.807) is 0 Å². The Morgan fingerprint density at radius 1 is 1.35 bits per heavy atom. The third kappa shape index (κ3) is 5.73. The standard InChI is InChI=1S/C9H15N6O2/c10-15-14-9-12-6-11-7(13-9)4-2-1-3-5-8(16)17/h6,10,15H,1-5H2,(H,16,17)(H,11,12,13,14). The third-order valence-electron chi connectivity index (χ3n) is 2.09. The van der Waals surface area contributed by atoms with Crippen LogP contribution in [0.2, 0.25) is 0 Å². The van der Waals surface area contributed by atoms with Gasteiger partial charge in [0, 0.05) is 12.8 Å². The van der Waals surface area contributed by atoms with Gasteiger partial charge in [0.1, 0.15) is 12.2 Å². The van der Waals surface area contributed by atoms with E-state index < -0.39 is 5.97 Å². The Hall–Kier alpha value is -1.80. The van der Waals surface area contributed by atoms with Crippen LogP contribution in [0.5, 0.6) is 0 Å². The number of nitrogens with zero attached hydrogens (tertiary/aromatic N) is 3. The van der Waals surface area contributed by atoms with E-state index in [2.05, 4.69) is 20.4 Å². The van der Waals surface area contributed by atoms with Gasteiger partial charge in [-0.15, -0.1) is 0 Å². The molecule has 0 amide bonds. The summed E-state index contributed by atoms with van der Waals surface area (Å²) in [7, 11) is 0. The summed E-state index contributed by atoms with van der Waals surface area (Å²) in [6, 6.07) is 0. The van der Waals surface area contributed by atoms with Gasteiger partial charge in [0.15, 0.2) is 0 Å². The molecule has 0 bridgehead atoms. The summed E-state index contributed by atoms with van der Waals surface area (Å²) >= 11 is 0. The zero-order chi connectivity index (χ0) is 12.5. The minimum atomic E-state index is -0.766. The summed E-state index contributed by atoms with van der Waals surface area (Å²) in [6.07, 6.45) is 4.59. The summed E-state index contributed by atoms with van der Waals surface area (Å²) in [6.45, 7) is 0. The fraction of sp³-hybridized carbons (Fsp3) is 0.556. The van der Waals surface area contributed by atoms with Gasteiger partial charge in [0.05, 0.1) is 0 Å². The molecule has 8 heteroatoms. The molecule has 0 fully saturated rings. The summed E-state index contributed by atoms with van der Waals surface area (Å²) in [5, 5.41) is 8.46. The highest BCUT2D eigenvalue weighted by molar-refractivity contribution is 5.66. The van der Waals surface area contributed by atoms with Crippen LogP contribution in [0.3, 0.4) is 0 Å². The molecular formula is C9H15N6O2. The fourth-order valence-electron chi connectivity index (χ4n) is 1.30. The van der Waals surface area contributed by atoms with Crippen molar-refractivity contribution in [1.29, 1.82) is 0 Å². The number of nitrogens with one attached hydrogen (secondary N) is 3. The first-order chi connectivity index (χ1) is 8.22. The van der Waals surface area contributed by atoms with Crippen molar-refractivity contribution in [2.24, 2.45) is 0 Å². The van der Waals surface area contributed by atoms with Gasteiger partial charge in [-0.3, -0.25) is 10.2 Å². The molecule has 0 aliphatic rings. The second-order valence-electron chi connectivity index (χ2n) is 3.43. The lowest BCUT2D eigenvalue weighted by Gasteiger charge is -2.03. The first-order valence-electron chi connectivity index (χ1n) is 5.30. The molecule has 8 nitrogen and oxygen atoms in total. The molecule has 0 spiro atoms. The average molecular weight is 239 g/mol. The molecule has 0 saturated carbocycles. The van der Waals surface area contributed by atoms with Crippen molar-refractivity contribution in [1.82, 2.24) is 26.3 Å². The largest absolute Gasteiger partial charge is 0.481 e. The van der Waals surface area contributed by atoms with E-state index in [0.29, 0.717) is 24.6 Å². The van der Waals surface area contributed by atoms with Crippen LogP contribution in [0.4, 0.5) is 5.95 Å². The van der Waals surface area contributed by atoms with Gasteiger partial charge < -0.3 is 5.11 Å². The van der Waals surface area contributed by atoms with E-state index in [-0.39, 0.29) is 6.42 Å². The smallest absolute Gasteiger partial charge is 0.303 e. The predicted octanol–water partition coefficient (Wildman–Crippen LogP) is 0.173. The molecule has 1 heterocycles. The quantitative estimate of drug-likeness (QED) is 0.436. The highest BCUT2D eigenvalue weighted by Crippen LogP contribution is 2.05. The van der Waals surface area contributed by atoms with E-state index in [1.807, 2.05) is 5.53 Å². The monoisotopic (exact) mass is 239 g/mol. The van der Waals surface area contributed by atoms with Crippen LogP contribution in [0.25, 0.3) is 0 Å². The maximum absolute atomic E-state index is 10.3. The van der Waals surface area contributed by atoms with E-state index >= 15 is 0 Å². The van der Waals surface area contributed by atoms with Crippen LogP contribution in [-0.4, -0.2) is 26.0 Å². The van der Waals surface area contributed by atoms with Crippen molar-refractivity contribution in [2.45, 2.75) is 32.1 Å². The lowest BCUT2D eigenvalue weighted by Crippen LogP contribution is -2.20. The second-order valence-corrected chi connectivity index (χ2v) is 3.43. The maximum Gasteiger partial charge on any atom is 0.303 e. The Labute approximate surface area is 98.6 Å². The molecule has 1 radical (unpaired) electrons. The van der Waals surface area contributed by atoms with Gasteiger partial charge in [-0.1, -0.05) is 6.42 Å². The van der Waals surface area contributed by atoms with Crippen LogP contribution in [0, 0.1) is 0 Å². The maximum atomic E-state index is 10.3. The van der Waals surface area contributed by atoms with Crippen molar-refractivity contribution >= 4 is 11.9 Å². The SMILES string of the molecule is [NH]NNc1ncnc(CCCCCC(=O)O)n1. The van der Waals surface area contributed by atoms with E-state index in [9.17, 15) is 4.79 Å². The van der Waals surface area contributed by atoms with Gasteiger partial charge in [-0.05, 0) is 12.8 Å². The molecule has 0 aliphatic carbocycles.